The standard InChI is InChI=1S/C7H8O5/c1-12-4-2-3-5(6(8)9)7(10)11/h2-4H,1H3,(H,8,9)(H,10,11). The molecule has 12 heavy (non-hydrogen) atoms. The van der Waals surface area contributed by atoms with Crippen LogP contribution in [0.25, 0.3) is 0 Å². The van der Waals surface area contributed by atoms with Crippen molar-refractivity contribution in [1.29, 1.82) is 0 Å². The molecule has 0 fully saturated rings. The van der Waals surface area contributed by atoms with Crippen molar-refractivity contribution in [2.24, 2.45) is 0 Å². The average molecular weight is 172 g/mol. The van der Waals surface area contributed by atoms with E-state index in [1.165, 1.54) is 19.4 Å². The van der Waals surface area contributed by atoms with E-state index in [9.17, 15) is 9.59 Å². The summed E-state index contributed by atoms with van der Waals surface area (Å²) in [6.07, 6.45) is 3.30. The third-order valence-electron chi connectivity index (χ3n) is 0.938. The van der Waals surface area contributed by atoms with E-state index in [-0.39, 0.29) is 0 Å². The molecular weight excluding hydrogens is 164 g/mol. The zero-order valence-corrected chi connectivity index (χ0v) is 6.35. The lowest BCUT2D eigenvalue weighted by atomic mass is 10.2. The molecule has 0 aromatic heterocycles. The van der Waals surface area contributed by atoms with Crippen LogP contribution in [0.3, 0.4) is 0 Å². The van der Waals surface area contributed by atoms with Crippen molar-refractivity contribution in [3.8, 4) is 0 Å². The van der Waals surface area contributed by atoms with Gasteiger partial charge in [0.2, 0.25) is 0 Å². The van der Waals surface area contributed by atoms with Gasteiger partial charge in [0.1, 0.15) is 5.57 Å². The molecule has 0 saturated heterocycles. The molecule has 0 saturated carbocycles. The Hall–Kier alpha value is -1.78. The van der Waals surface area contributed by atoms with Crippen molar-refractivity contribution in [2.45, 2.75) is 0 Å². The van der Waals surface area contributed by atoms with Crippen molar-refractivity contribution in [3.63, 3.8) is 0 Å². The summed E-state index contributed by atoms with van der Waals surface area (Å²) in [7, 11) is 1.37. The molecule has 0 rings (SSSR count). The van der Waals surface area contributed by atoms with Crippen LogP contribution in [0.1, 0.15) is 0 Å². The Morgan fingerprint density at radius 2 is 1.75 bits per heavy atom. The summed E-state index contributed by atoms with van der Waals surface area (Å²) in [5.41, 5.74) is -0.705. The number of hydrogen-bond acceptors (Lipinski definition) is 3. The van der Waals surface area contributed by atoms with Gasteiger partial charge in [-0.2, -0.15) is 0 Å². The minimum absolute atomic E-state index is 0.705. The highest BCUT2D eigenvalue weighted by molar-refractivity contribution is 6.12. The first-order valence-electron chi connectivity index (χ1n) is 2.95. The normalized spacial score (nSPS) is 9.42. The molecule has 0 radical (unpaired) electrons. The van der Waals surface area contributed by atoms with Gasteiger partial charge in [-0.25, -0.2) is 9.59 Å². The molecule has 0 aliphatic carbocycles. The lowest BCUT2D eigenvalue weighted by Crippen LogP contribution is -2.10. The van der Waals surface area contributed by atoms with Gasteiger partial charge in [0.05, 0.1) is 13.4 Å². The third-order valence-corrected chi connectivity index (χ3v) is 0.938. The van der Waals surface area contributed by atoms with Crippen LogP contribution in [0.5, 0.6) is 0 Å². The molecule has 2 N–H and O–H groups in total. The Kier molecular flexibility index (Phi) is 4.21. The SMILES string of the molecule is COC=CC=C(C(=O)O)C(=O)O. The van der Waals surface area contributed by atoms with Gasteiger partial charge in [-0.05, 0) is 12.2 Å². The molecule has 0 unspecified atom stereocenters. The van der Waals surface area contributed by atoms with Crippen molar-refractivity contribution >= 4 is 11.9 Å². The van der Waals surface area contributed by atoms with E-state index in [4.69, 9.17) is 10.2 Å². The van der Waals surface area contributed by atoms with Crippen LogP contribution in [0.2, 0.25) is 0 Å². The van der Waals surface area contributed by atoms with Crippen LogP contribution in [0, 0.1) is 0 Å². The number of carbonyl (C=O) groups is 2. The highest BCUT2D eigenvalue weighted by Crippen LogP contribution is 1.95. The van der Waals surface area contributed by atoms with E-state index in [0.29, 0.717) is 0 Å². The first-order valence-corrected chi connectivity index (χ1v) is 2.95. The van der Waals surface area contributed by atoms with Gasteiger partial charge in [0, 0.05) is 0 Å². The number of carboxylic acid groups (broad SMARTS) is 2. The lowest BCUT2D eigenvalue weighted by Gasteiger charge is -1.91. The Labute approximate surface area is 68.6 Å². The van der Waals surface area contributed by atoms with Crippen molar-refractivity contribution in [1.82, 2.24) is 0 Å². The second kappa shape index (κ2) is 4.95. The van der Waals surface area contributed by atoms with Gasteiger partial charge in [0.15, 0.2) is 0 Å². The number of aliphatic carboxylic acids is 2. The number of carboxylic acids is 2. The number of rotatable bonds is 4. The van der Waals surface area contributed by atoms with Gasteiger partial charge < -0.3 is 14.9 Å². The minimum atomic E-state index is -1.48. The quantitative estimate of drug-likeness (QED) is 0.208. The molecule has 0 amide bonds. The Balaban J connectivity index is 4.51. The molecule has 0 atom stereocenters. The highest BCUT2D eigenvalue weighted by atomic mass is 16.5. The van der Waals surface area contributed by atoms with Gasteiger partial charge in [-0.3, -0.25) is 0 Å². The van der Waals surface area contributed by atoms with E-state index < -0.39 is 17.5 Å². The van der Waals surface area contributed by atoms with E-state index in [1.807, 2.05) is 0 Å². The lowest BCUT2D eigenvalue weighted by molar-refractivity contribution is -0.140. The molecule has 5 heteroatoms. The molecule has 66 valence electrons. The topological polar surface area (TPSA) is 83.8 Å². The number of allylic oxidation sites excluding steroid dienone is 2. The van der Waals surface area contributed by atoms with Gasteiger partial charge in [-0.1, -0.05) is 0 Å². The van der Waals surface area contributed by atoms with Crippen LogP contribution in [-0.2, 0) is 14.3 Å². The van der Waals surface area contributed by atoms with Crippen LogP contribution in [0.4, 0.5) is 0 Å². The fourth-order valence-corrected chi connectivity index (χ4v) is 0.448. The molecule has 0 spiro atoms. The summed E-state index contributed by atoms with van der Waals surface area (Å²) < 4.78 is 4.44. The van der Waals surface area contributed by atoms with Gasteiger partial charge in [0.25, 0.3) is 0 Å². The van der Waals surface area contributed by atoms with Crippen LogP contribution in [-0.4, -0.2) is 29.3 Å². The molecule has 0 aliphatic rings. The van der Waals surface area contributed by atoms with Gasteiger partial charge in [-0.15, -0.1) is 0 Å². The Morgan fingerprint density at radius 1 is 1.25 bits per heavy atom. The summed E-state index contributed by atoms with van der Waals surface area (Å²) in [6, 6.07) is 0. The van der Waals surface area contributed by atoms with E-state index in [1.54, 1.807) is 0 Å². The van der Waals surface area contributed by atoms with Crippen LogP contribution >= 0.6 is 0 Å². The molecule has 0 aromatic carbocycles. The summed E-state index contributed by atoms with van der Waals surface area (Å²) in [5, 5.41) is 16.6. The zero-order valence-electron chi connectivity index (χ0n) is 6.35. The average Bonchev–Trinajstić information content (AvgIpc) is 1.96. The largest absolute Gasteiger partial charge is 0.504 e. The maximum atomic E-state index is 10.2. The first kappa shape index (κ1) is 10.2. The summed E-state index contributed by atoms with van der Waals surface area (Å²) >= 11 is 0. The third kappa shape index (κ3) is 3.40. The van der Waals surface area contributed by atoms with E-state index in [0.717, 1.165) is 6.08 Å². The van der Waals surface area contributed by atoms with Crippen molar-refractivity contribution in [2.75, 3.05) is 7.11 Å². The first-order chi connectivity index (χ1) is 5.59. The van der Waals surface area contributed by atoms with Crippen LogP contribution in [0.15, 0.2) is 24.0 Å². The number of methoxy groups -OCH3 is 1. The molecule has 0 bridgehead atoms. The van der Waals surface area contributed by atoms with E-state index in [2.05, 4.69) is 4.74 Å². The van der Waals surface area contributed by atoms with Gasteiger partial charge >= 0.3 is 11.9 Å². The van der Waals surface area contributed by atoms with Crippen molar-refractivity contribution < 1.29 is 24.5 Å². The fourth-order valence-electron chi connectivity index (χ4n) is 0.448. The number of ether oxygens (including phenoxy) is 1. The smallest absolute Gasteiger partial charge is 0.343 e. The summed E-state index contributed by atoms with van der Waals surface area (Å²) in [4.78, 5) is 20.4. The predicted molar refractivity (Wildman–Crippen MR) is 39.5 cm³/mol. The monoisotopic (exact) mass is 172 g/mol. The molecule has 0 aliphatic heterocycles. The molecule has 0 heterocycles. The summed E-state index contributed by atoms with van der Waals surface area (Å²) in [6.45, 7) is 0. The maximum Gasteiger partial charge on any atom is 0.343 e. The molecule has 0 aromatic rings. The maximum absolute atomic E-state index is 10.2. The van der Waals surface area contributed by atoms with Crippen LogP contribution < -0.4 is 0 Å². The number of hydrogen-bond donors (Lipinski definition) is 2. The second-order valence-electron chi connectivity index (χ2n) is 1.75. The Morgan fingerprint density at radius 3 is 2.08 bits per heavy atom. The fraction of sp³-hybridized carbons (Fsp3) is 0.143. The summed E-state index contributed by atoms with van der Waals surface area (Å²) in [5.74, 6) is -2.97. The minimum Gasteiger partial charge on any atom is -0.504 e. The highest BCUT2D eigenvalue weighted by Gasteiger charge is 2.13. The molecule has 5 nitrogen and oxygen atoms in total. The second-order valence-corrected chi connectivity index (χ2v) is 1.75. The zero-order chi connectivity index (χ0) is 9.56. The van der Waals surface area contributed by atoms with E-state index >= 15 is 0 Å². The predicted octanol–water partition coefficient (Wildman–Crippen LogP) is 0.242. The van der Waals surface area contributed by atoms with Crippen molar-refractivity contribution in [3.05, 3.63) is 24.0 Å². The Bertz CT molecular complexity index is 222. The molecular formula is C7H8O5.